The summed E-state index contributed by atoms with van der Waals surface area (Å²) >= 11 is 0. The van der Waals surface area contributed by atoms with Crippen molar-refractivity contribution in [1.82, 2.24) is 4.90 Å². The van der Waals surface area contributed by atoms with Crippen molar-refractivity contribution in [3.63, 3.8) is 0 Å². The molecule has 0 fully saturated rings. The van der Waals surface area contributed by atoms with Crippen molar-refractivity contribution in [1.29, 1.82) is 0 Å². The van der Waals surface area contributed by atoms with E-state index in [0.717, 1.165) is 0 Å². The molecule has 0 heterocycles. The van der Waals surface area contributed by atoms with Crippen LogP contribution in [-0.2, 0) is 0 Å². The van der Waals surface area contributed by atoms with Gasteiger partial charge < -0.3 is 4.90 Å². The molecule has 0 bridgehead atoms. The molecule has 0 rings (SSSR count). The van der Waals surface area contributed by atoms with Crippen LogP contribution in [0.15, 0.2) is 12.3 Å². The molecule has 90 valence electrons. The van der Waals surface area contributed by atoms with Crippen LogP contribution in [0.25, 0.3) is 0 Å². The summed E-state index contributed by atoms with van der Waals surface area (Å²) in [7, 11) is 2.18. The van der Waals surface area contributed by atoms with Crippen LogP contribution in [0.4, 0.5) is 0 Å². The van der Waals surface area contributed by atoms with Crippen LogP contribution in [0.2, 0.25) is 0 Å². The predicted molar refractivity (Wildman–Crippen MR) is 70.1 cm³/mol. The minimum absolute atomic E-state index is 1.17. The maximum Gasteiger partial charge on any atom is 0.0171 e. The molecule has 0 aliphatic carbocycles. The maximum absolute atomic E-state index is 4.13. The highest BCUT2D eigenvalue weighted by Gasteiger charge is 2.00. The Morgan fingerprint density at radius 3 is 2.13 bits per heavy atom. The molecular formula is C14H29N. The minimum atomic E-state index is 1.17. The van der Waals surface area contributed by atoms with Crippen LogP contribution in [0.5, 0.6) is 0 Å². The smallest absolute Gasteiger partial charge is 0.0171 e. The molecule has 0 aromatic rings. The normalized spacial score (nSPS) is 10.3. The van der Waals surface area contributed by atoms with Gasteiger partial charge in [-0.3, -0.25) is 0 Å². The zero-order valence-electron chi connectivity index (χ0n) is 11.0. The van der Waals surface area contributed by atoms with E-state index >= 15 is 0 Å². The summed E-state index contributed by atoms with van der Waals surface area (Å²) in [5.41, 5.74) is 1.31. The van der Waals surface area contributed by atoms with Gasteiger partial charge >= 0.3 is 0 Å². The van der Waals surface area contributed by atoms with Gasteiger partial charge in [-0.2, -0.15) is 0 Å². The molecule has 0 spiro atoms. The van der Waals surface area contributed by atoms with Crippen LogP contribution in [0.1, 0.15) is 65.2 Å². The molecule has 0 unspecified atom stereocenters. The molecule has 0 aliphatic rings. The summed E-state index contributed by atoms with van der Waals surface area (Å²) in [6.07, 6.45) is 10.5. The Morgan fingerprint density at radius 1 is 0.933 bits per heavy atom. The molecule has 0 N–H and O–H groups in total. The van der Waals surface area contributed by atoms with Gasteiger partial charge in [0.25, 0.3) is 0 Å². The highest BCUT2D eigenvalue weighted by molar-refractivity contribution is 4.91. The van der Waals surface area contributed by atoms with Crippen molar-refractivity contribution in [3.05, 3.63) is 12.3 Å². The van der Waals surface area contributed by atoms with Crippen molar-refractivity contribution in [3.8, 4) is 0 Å². The van der Waals surface area contributed by atoms with E-state index in [4.69, 9.17) is 0 Å². The molecule has 1 heteroatoms. The Balaban J connectivity index is 3.38. The quantitative estimate of drug-likeness (QED) is 0.478. The molecule has 15 heavy (non-hydrogen) atoms. The first kappa shape index (κ1) is 14.5. The summed E-state index contributed by atoms with van der Waals surface area (Å²) in [4.78, 5) is 2.33. The molecule has 0 saturated heterocycles. The molecule has 0 aliphatic heterocycles. The Hall–Kier alpha value is -0.460. The zero-order chi connectivity index (χ0) is 11.5. The van der Waals surface area contributed by atoms with Crippen LogP contribution < -0.4 is 0 Å². The van der Waals surface area contributed by atoms with Gasteiger partial charge in [-0.15, -0.1) is 0 Å². The Kier molecular flexibility index (Phi) is 9.76. The lowest BCUT2D eigenvalue weighted by atomic mass is 10.1. The van der Waals surface area contributed by atoms with E-state index in [9.17, 15) is 0 Å². The number of allylic oxidation sites excluding steroid dienone is 1. The molecular weight excluding hydrogens is 182 g/mol. The van der Waals surface area contributed by atoms with Crippen molar-refractivity contribution >= 4 is 0 Å². The number of rotatable bonds is 10. The minimum Gasteiger partial charge on any atom is -0.378 e. The lowest BCUT2D eigenvalue weighted by Crippen LogP contribution is -2.18. The predicted octanol–water partition coefficient (Wildman–Crippen LogP) is 4.59. The third kappa shape index (κ3) is 8.53. The van der Waals surface area contributed by atoms with Crippen molar-refractivity contribution in [2.45, 2.75) is 65.2 Å². The summed E-state index contributed by atoms with van der Waals surface area (Å²) in [6, 6.07) is 0. The number of hydrogen-bond acceptors (Lipinski definition) is 1. The van der Waals surface area contributed by atoms with Crippen LogP contribution >= 0.6 is 0 Å². The lowest BCUT2D eigenvalue weighted by molar-refractivity contribution is 0.382. The Morgan fingerprint density at radius 2 is 1.53 bits per heavy atom. The average molecular weight is 211 g/mol. The van der Waals surface area contributed by atoms with E-state index in [2.05, 4.69) is 32.4 Å². The third-order valence-electron chi connectivity index (χ3n) is 2.96. The van der Waals surface area contributed by atoms with E-state index in [1.807, 2.05) is 0 Å². The standard InChI is InChI=1S/C14H29N/c1-5-7-9-10-11-13-15(4)14(3)12-8-6-2/h3,5-13H2,1-2,4H3. The van der Waals surface area contributed by atoms with Crippen molar-refractivity contribution in [2.24, 2.45) is 0 Å². The monoisotopic (exact) mass is 211 g/mol. The Labute approximate surface area is 96.6 Å². The molecule has 0 aromatic carbocycles. The molecule has 1 nitrogen and oxygen atoms in total. The third-order valence-corrected chi connectivity index (χ3v) is 2.96. The second kappa shape index (κ2) is 10.1. The van der Waals surface area contributed by atoms with Gasteiger partial charge in [0.1, 0.15) is 0 Å². The number of unbranched alkanes of at least 4 members (excludes halogenated alkanes) is 5. The van der Waals surface area contributed by atoms with Gasteiger partial charge in [0, 0.05) is 19.3 Å². The van der Waals surface area contributed by atoms with Crippen LogP contribution in [-0.4, -0.2) is 18.5 Å². The SMILES string of the molecule is C=C(CCCC)N(C)CCCCCCC. The second-order valence-electron chi connectivity index (χ2n) is 4.51. The van der Waals surface area contributed by atoms with Crippen LogP contribution in [0, 0.1) is 0 Å². The first-order valence-corrected chi connectivity index (χ1v) is 6.61. The summed E-state index contributed by atoms with van der Waals surface area (Å²) < 4.78 is 0. The van der Waals surface area contributed by atoms with Gasteiger partial charge in [-0.05, 0) is 19.3 Å². The number of nitrogens with zero attached hydrogens (tertiary/aromatic N) is 1. The lowest BCUT2D eigenvalue weighted by Gasteiger charge is -2.21. The van der Waals surface area contributed by atoms with E-state index in [1.54, 1.807) is 0 Å². The summed E-state index contributed by atoms with van der Waals surface area (Å²) in [5.74, 6) is 0. The van der Waals surface area contributed by atoms with Crippen LogP contribution in [0.3, 0.4) is 0 Å². The van der Waals surface area contributed by atoms with Gasteiger partial charge in [-0.1, -0.05) is 52.5 Å². The van der Waals surface area contributed by atoms with Gasteiger partial charge in [0.05, 0.1) is 0 Å². The highest BCUT2D eigenvalue weighted by atomic mass is 15.1. The van der Waals surface area contributed by atoms with E-state index < -0.39 is 0 Å². The van der Waals surface area contributed by atoms with Crippen molar-refractivity contribution < 1.29 is 0 Å². The zero-order valence-corrected chi connectivity index (χ0v) is 11.0. The summed E-state index contributed by atoms with van der Waals surface area (Å²) in [6.45, 7) is 9.82. The van der Waals surface area contributed by atoms with Gasteiger partial charge in [-0.25, -0.2) is 0 Å². The number of hydrogen-bond donors (Lipinski definition) is 0. The largest absolute Gasteiger partial charge is 0.378 e. The van der Waals surface area contributed by atoms with E-state index in [0.29, 0.717) is 0 Å². The highest BCUT2D eigenvalue weighted by Crippen LogP contribution is 2.10. The van der Waals surface area contributed by atoms with E-state index in [1.165, 1.54) is 63.6 Å². The van der Waals surface area contributed by atoms with Gasteiger partial charge in [0.2, 0.25) is 0 Å². The first-order valence-electron chi connectivity index (χ1n) is 6.61. The molecule has 0 saturated carbocycles. The fourth-order valence-corrected chi connectivity index (χ4v) is 1.68. The molecule has 0 aromatic heterocycles. The first-order chi connectivity index (χ1) is 7.22. The van der Waals surface area contributed by atoms with Crippen molar-refractivity contribution in [2.75, 3.05) is 13.6 Å². The Bertz CT molecular complexity index is 151. The molecule has 0 amide bonds. The fourth-order valence-electron chi connectivity index (χ4n) is 1.68. The maximum atomic E-state index is 4.13. The molecule has 0 radical (unpaired) electrons. The average Bonchev–Trinajstić information content (AvgIpc) is 2.25. The van der Waals surface area contributed by atoms with Gasteiger partial charge in [0.15, 0.2) is 0 Å². The summed E-state index contributed by atoms with van der Waals surface area (Å²) in [5, 5.41) is 0. The topological polar surface area (TPSA) is 3.24 Å². The fraction of sp³-hybridized carbons (Fsp3) is 0.857. The molecule has 0 atom stereocenters. The van der Waals surface area contributed by atoms with E-state index in [-0.39, 0.29) is 0 Å². The second-order valence-corrected chi connectivity index (χ2v) is 4.51.